The minimum atomic E-state index is -0.785. The molecule has 1 unspecified atom stereocenters. The van der Waals surface area contributed by atoms with Gasteiger partial charge in [-0.25, -0.2) is 8.78 Å². The smallest absolute Gasteiger partial charge is 0.163 e. The lowest BCUT2D eigenvalue weighted by Crippen LogP contribution is -2.33. The van der Waals surface area contributed by atoms with Gasteiger partial charge in [-0.05, 0) is 32.5 Å². The van der Waals surface area contributed by atoms with E-state index in [2.05, 4.69) is 24.1 Å². The van der Waals surface area contributed by atoms with Gasteiger partial charge in [-0.2, -0.15) is 0 Å². The second-order valence-corrected chi connectivity index (χ2v) is 4.75. The molecule has 1 aromatic rings. The van der Waals surface area contributed by atoms with Crippen molar-refractivity contribution >= 4 is 0 Å². The molecule has 0 bridgehead atoms. The molecule has 0 aliphatic heterocycles. The van der Waals surface area contributed by atoms with E-state index in [1.54, 1.807) is 12.1 Å². The Morgan fingerprint density at radius 3 is 2.58 bits per heavy atom. The van der Waals surface area contributed by atoms with Crippen molar-refractivity contribution < 1.29 is 8.78 Å². The first kappa shape index (κ1) is 16.1. The molecule has 4 heteroatoms. The van der Waals surface area contributed by atoms with E-state index < -0.39 is 11.6 Å². The van der Waals surface area contributed by atoms with Gasteiger partial charge in [0.15, 0.2) is 11.6 Å². The van der Waals surface area contributed by atoms with E-state index in [0.717, 1.165) is 38.7 Å². The Hall–Kier alpha value is -1.00. The predicted molar refractivity (Wildman–Crippen MR) is 75.2 cm³/mol. The summed E-state index contributed by atoms with van der Waals surface area (Å²) in [7, 11) is 0. The lowest BCUT2D eigenvalue weighted by atomic mass is 10.1. The molecular formula is C15H24F2N2. The van der Waals surface area contributed by atoms with Crippen LogP contribution in [0.4, 0.5) is 8.78 Å². The summed E-state index contributed by atoms with van der Waals surface area (Å²) >= 11 is 0. The summed E-state index contributed by atoms with van der Waals surface area (Å²) in [5.41, 5.74) is 0.388. The number of nitrogens with zero attached hydrogens (tertiary/aromatic N) is 1. The van der Waals surface area contributed by atoms with E-state index in [1.807, 2.05) is 6.92 Å². The van der Waals surface area contributed by atoms with E-state index >= 15 is 0 Å². The van der Waals surface area contributed by atoms with Crippen LogP contribution in [0.25, 0.3) is 0 Å². The van der Waals surface area contributed by atoms with Crippen LogP contribution in [-0.4, -0.2) is 31.1 Å². The van der Waals surface area contributed by atoms with Crippen molar-refractivity contribution in [1.29, 1.82) is 0 Å². The quantitative estimate of drug-likeness (QED) is 0.779. The Morgan fingerprint density at radius 1 is 1.21 bits per heavy atom. The Kier molecular flexibility index (Phi) is 6.95. The highest BCUT2D eigenvalue weighted by Gasteiger charge is 2.13. The second kappa shape index (κ2) is 8.23. The molecule has 0 saturated carbocycles. The van der Waals surface area contributed by atoms with Crippen molar-refractivity contribution in [3.05, 3.63) is 35.4 Å². The number of benzene rings is 1. The molecule has 19 heavy (non-hydrogen) atoms. The molecule has 0 radical (unpaired) electrons. The van der Waals surface area contributed by atoms with Crippen LogP contribution in [-0.2, 0) is 0 Å². The van der Waals surface area contributed by atoms with Crippen molar-refractivity contribution in [2.24, 2.45) is 0 Å². The number of likely N-dealkylation sites (N-methyl/N-ethyl adjacent to an activating group) is 1. The van der Waals surface area contributed by atoms with Crippen molar-refractivity contribution in [2.75, 3.05) is 26.2 Å². The molecule has 1 N–H and O–H groups in total. The lowest BCUT2D eigenvalue weighted by Gasteiger charge is -2.21. The first-order valence-electron chi connectivity index (χ1n) is 6.99. The van der Waals surface area contributed by atoms with E-state index in [1.165, 1.54) is 0 Å². The third kappa shape index (κ3) is 4.88. The van der Waals surface area contributed by atoms with E-state index in [0.29, 0.717) is 5.56 Å². The van der Waals surface area contributed by atoms with E-state index in [4.69, 9.17) is 0 Å². The monoisotopic (exact) mass is 270 g/mol. The topological polar surface area (TPSA) is 15.3 Å². The van der Waals surface area contributed by atoms with Gasteiger partial charge in [-0.1, -0.05) is 26.0 Å². The summed E-state index contributed by atoms with van der Waals surface area (Å²) in [6.45, 7) is 9.91. The maximum absolute atomic E-state index is 13.6. The van der Waals surface area contributed by atoms with Crippen LogP contribution in [0.2, 0.25) is 0 Å². The third-order valence-corrected chi connectivity index (χ3v) is 3.31. The Morgan fingerprint density at radius 2 is 1.95 bits per heavy atom. The maximum atomic E-state index is 13.6. The van der Waals surface area contributed by atoms with Crippen molar-refractivity contribution in [3.8, 4) is 0 Å². The van der Waals surface area contributed by atoms with Crippen LogP contribution in [0.15, 0.2) is 18.2 Å². The lowest BCUT2D eigenvalue weighted by molar-refractivity contribution is 0.283. The highest BCUT2D eigenvalue weighted by atomic mass is 19.2. The summed E-state index contributed by atoms with van der Waals surface area (Å²) in [5, 5.41) is 3.24. The van der Waals surface area contributed by atoms with Gasteiger partial charge in [0.2, 0.25) is 0 Å². The van der Waals surface area contributed by atoms with E-state index in [9.17, 15) is 8.78 Å². The average molecular weight is 270 g/mol. The van der Waals surface area contributed by atoms with Crippen molar-refractivity contribution in [2.45, 2.75) is 33.2 Å². The highest BCUT2D eigenvalue weighted by Crippen LogP contribution is 2.18. The summed E-state index contributed by atoms with van der Waals surface area (Å²) in [5.74, 6) is -1.53. The summed E-state index contributed by atoms with van der Waals surface area (Å²) in [6.07, 6.45) is 1.13. The van der Waals surface area contributed by atoms with Gasteiger partial charge in [0, 0.05) is 24.7 Å². The van der Waals surface area contributed by atoms with Gasteiger partial charge < -0.3 is 10.2 Å². The molecule has 1 aromatic carbocycles. The maximum Gasteiger partial charge on any atom is 0.163 e. The first-order valence-corrected chi connectivity index (χ1v) is 6.99. The van der Waals surface area contributed by atoms with Gasteiger partial charge in [-0.3, -0.25) is 0 Å². The van der Waals surface area contributed by atoms with Crippen LogP contribution in [0.3, 0.4) is 0 Å². The molecular weight excluding hydrogens is 246 g/mol. The molecule has 2 nitrogen and oxygen atoms in total. The minimum absolute atomic E-state index is 0.184. The molecule has 0 aromatic heterocycles. The molecule has 0 fully saturated rings. The van der Waals surface area contributed by atoms with Crippen molar-refractivity contribution in [1.82, 2.24) is 10.2 Å². The zero-order chi connectivity index (χ0) is 14.3. The molecule has 0 heterocycles. The number of hydrogen-bond acceptors (Lipinski definition) is 2. The normalized spacial score (nSPS) is 12.9. The minimum Gasteiger partial charge on any atom is -0.309 e. The summed E-state index contributed by atoms with van der Waals surface area (Å²) in [4.78, 5) is 2.33. The zero-order valence-corrected chi connectivity index (χ0v) is 12.0. The molecule has 0 aliphatic rings. The van der Waals surface area contributed by atoms with Crippen LogP contribution in [0, 0.1) is 11.6 Å². The zero-order valence-electron chi connectivity index (χ0n) is 12.0. The van der Waals surface area contributed by atoms with Gasteiger partial charge in [0.25, 0.3) is 0 Å². The van der Waals surface area contributed by atoms with E-state index in [-0.39, 0.29) is 6.04 Å². The molecule has 0 aliphatic carbocycles. The molecule has 1 atom stereocenters. The average Bonchev–Trinajstić information content (AvgIpc) is 2.40. The van der Waals surface area contributed by atoms with Crippen LogP contribution in [0.1, 0.15) is 38.8 Å². The molecule has 0 spiro atoms. The van der Waals surface area contributed by atoms with Crippen LogP contribution >= 0.6 is 0 Å². The van der Waals surface area contributed by atoms with Gasteiger partial charge in [0.05, 0.1) is 0 Å². The molecule has 108 valence electrons. The van der Waals surface area contributed by atoms with Crippen molar-refractivity contribution in [3.63, 3.8) is 0 Å². The largest absolute Gasteiger partial charge is 0.309 e. The fourth-order valence-corrected chi connectivity index (χ4v) is 2.15. The standard InChI is InChI=1S/C15H24F2N2/c1-4-10-19(5-2)11-9-18-12(3)13-7-6-8-14(16)15(13)17/h6-8,12,18H,4-5,9-11H2,1-3H3. The Balaban J connectivity index is 2.47. The second-order valence-electron chi connectivity index (χ2n) is 4.75. The number of halogens is 2. The van der Waals surface area contributed by atoms with Gasteiger partial charge >= 0.3 is 0 Å². The van der Waals surface area contributed by atoms with Crippen LogP contribution < -0.4 is 5.32 Å². The fraction of sp³-hybridized carbons (Fsp3) is 0.600. The number of rotatable bonds is 8. The number of nitrogens with one attached hydrogen (secondary N) is 1. The molecule has 1 rings (SSSR count). The summed E-state index contributed by atoms with van der Waals surface area (Å²) in [6, 6.07) is 4.13. The first-order chi connectivity index (χ1) is 9.10. The van der Waals surface area contributed by atoms with Gasteiger partial charge in [-0.15, -0.1) is 0 Å². The Bertz CT molecular complexity index is 382. The predicted octanol–water partition coefficient (Wildman–Crippen LogP) is 3.35. The van der Waals surface area contributed by atoms with Crippen LogP contribution in [0.5, 0.6) is 0 Å². The highest BCUT2D eigenvalue weighted by molar-refractivity contribution is 5.21. The third-order valence-electron chi connectivity index (χ3n) is 3.31. The number of hydrogen-bond donors (Lipinski definition) is 1. The molecule has 0 amide bonds. The van der Waals surface area contributed by atoms with Gasteiger partial charge in [0.1, 0.15) is 0 Å². The summed E-state index contributed by atoms with van der Waals surface area (Å²) < 4.78 is 26.7. The molecule has 0 saturated heterocycles. The fourth-order valence-electron chi connectivity index (χ4n) is 2.15. The Labute approximate surface area is 114 Å². The SMILES string of the molecule is CCCN(CC)CCNC(C)c1cccc(F)c1F.